The molecule has 1 aromatic rings. The van der Waals surface area contributed by atoms with Crippen LogP contribution >= 0.6 is 0 Å². The Bertz CT molecular complexity index is 592. The molecule has 1 fully saturated rings. The number of carbonyl (C=O) groups excluding carboxylic acids is 1. The Hall–Kier alpha value is -2.32. The van der Waals surface area contributed by atoms with Gasteiger partial charge in [-0.1, -0.05) is 6.07 Å². The second-order valence-electron chi connectivity index (χ2n) is 5.29. The highest BCUT2D eigenvalue weighted by atomic mass is 19.4. The van der Waals surface area contributed by atoms with Gasteiger partial charge in [0.25, 0.3) is 0 Å². The van der Waals surface area contributed by atoms with Crippen molar-refractivity contribution in [3.8, 4) is 0 Å². The highest BCUT2D eigenvalue weighted by Crippen LogP contribution is 2.27. The van der Waals surface area contributed by atoms with E-state index in [1.165, 1.54) is 17.0 Å². The van der Waals surface area contributed by atoms with Gasteiger partial charge in [-0.3, -0.25) is 4.79 Å². The molecule has 6 nitrogen and oxygen atoms in total. The van der Waals surface area contributed by atoms with Crippen LogP contribution in [0.15, 0.2) is 18.2 Å². The van der Waals surface area contributed by atoms with Crippen LogP contribution in [0.25, 0.3) is 0 Å². The van der Waals surface area contributed by atoms with Gasteiger partial charge in [-0.05, 0) is 25.0 Å². The fourth-order valence-corrected chi connectivity index (χ4v) is 2.38. The molecule has 2 heterocycles. The van der Waals surface area contributed by atoms with E-state index in [1.54, 1.807) is 0 Å². The molecule has 1 aliphatic heterocycles. The Morgan fingerprint density at radius 2 is 2.13 bits per heavy atom. The molecular weight excluding hydrogens is 315 g/mol. The Morgan fingerprint density at radius 3 is 2.78 bits per heavy atom. The van der Waals surface area contributed by atoms with Gasteiger partial charge in [-0.2, -0.15) is 13.2 Å². The second kappa shape index (κ2) is 6.84. The molecule has 0 spiro atoms. The van der Waals surface area contributed by atoms with E-state index in [4.69, 9.17) is 5.11 Å². The molecule has 2 N–H and O–H groups in total. The monoisotopic (exact) mass is 331 g/mol. The van der Waals surface area contributed by atoms with Crippen molar-refractivity contribution in [2.75, 3.05) is 13.1 Å². The highest BCUT2D eigenvalue weighted by molar-refractivity contribution is 5.76. The van der Waals surface area contributed by atoms with Crippen LogP contribution in [0.4, 0.5) is 18.0 Å². The van der Waals surface area contributed by atoms with Crippen molar-refractivity contribution in [1.82, 2.24) is 15.2 Å². The van der Waals surface area contributed by atoms with Crippen LogP contribution < -0.4 is 5.32 Å². The summed E-state index contributed by atoms with van der Waals surface area (Å²) in [6.45, 7) is 0.361. The van der Waals surface area contributed by atoms with Crippen LogP contribution in [0.3, 0.4) is 0 Å². The van der Waals surface area contributed by atoms with Gasteiger partial charge in [0.05, 0.1) is 18.2 Å². The summed E-state index contributed by atoms with van der Waals surface area (Å²) in [5.74, 6) is -1.57. The minimum atomic E-state index is -4.54. The van der Waals surface area contributed by atoms with Gasteiger partial charge >= 0.3 is 18.2 Å². The van der Waals surface area contributed by atoms with Crippen molar-refractivity contribution >= 4 is 12.0 Å². The first-order chi connectivity index (χ1) is 10.8. The summed E-state index contributed by atoms with van der Waals surface area (Å²) in [5, 5.41) is 11.4. The molecule has 9 heteroatoms. The lowest BCUT2D eigenvalue weighted by molar-refractivity contribution is -0.143. The average Bonchev–Trinajstić information content (AvgIpc) is 2.52. The van der Waals surface area contributed by atoms with Gasteiger partial charge in [-0.25, -0.2) is 9.78 Å². The van der Waals surface area contributed by atoms with Gasteiger partial charge in [0.1, 0.15) is 5.69 Å². The van der Waals surface area contributed by atoms with Crippen molar-refractivity contribution in [1.29, 1.82) is 0 Å². The number of aliphatic carboxylic acids is 1. The molecule has 0 radical (unpaired) electrons. The number of aromatic nitrogens is 1. The predicted molar refractivity (Wildman–Crippen MR) is 73.4 cm³/mol. The second-order valence-corrected chi connectivity index (χ2v) is 5.29. The van der Waals surface area contributed by atoms with E-state index in [1.807, 2.05) is 0 Å². The minimum absolute atomic E-state index is 0.0833. The molecule has 0 aliphatic carbocycles. The van der Waals surface area contributed by atoms with E-state index in [9.17, 15) is 22.8 Å². The SMILES string of the molecule is O=C(O)C1CCCN(C(=O)NCc2cccc(C(F)(F)F)n2)C1. The number of piperidine rings is 1. The summed E-state index contributed by atoms with van der Waals surface area (Å²) in [6.07, 6.45) is -3.46. The molecule has 126 valence electrons. The first-order valence-corrected chi connectivity index (χ1v) is 7.06. The fourth-order valence-electron chi connectivity index (χ4n) is 2.38. The number of carbonyl (C=O) groups is 2. The summed E-state index contributed by atoms with van der Waals surface area (Å²) >= 11 is 0. The molecule has 2 amide bonds. The van der Waals surface area contributed by atoms with E-state index in [-0.39, 0.29) is 18.8 Å². The third-order valence-electron chi connectivity index (χ3n) is 3.58. The van der Waals surface area contributed by atoms with E-state index in [0.717, 1.165) is 6.07 Å². The summed E-state index contributed by atoms with van der Waals surface area (Å²) in [4.78, 5) is 27.8. The largest absolute Gasteiger partial charge is 0.481 e. The molecule has 1 unspecified atom stereocenters. The molecule has 1 atom stereocenters. The van der Waals surface area contributed by atoms with Crippen LogP contribution in [-0.2, 0) is 17.5 Å². The lowest BCUT2D eigenvalue weighted by Crippen LogP contribution is -2.46. The van der Waals surface area contributed by atoms with Crippen LogP contribution in [0.1, 0.15) is 24.2 Å². The van der Waals surface area contributed by atoms with Crippen molar-refractivity contribution in [3.63, 3.8) is 0 Å². The zero-order valence-corrected chi connectivity index (χ0v) is 12.1. The van der Waals surface area contributed by atoms with E-state index in [2.05, 4.69) is 10.3 Å². The summed E-state index contributed by atoms with van der Waals surface area (Å²) < 4.78 is 37.7. The number of nitrogens with one attached hydrogen (secondary N) is 1. The molecule has 23 heavy (non-hydrogen) atoms. The number of nitrogens with zero attached hydrogens (tertiary/aromatic N) is 2. The average molecular weight is 331 g/mol. The van der Waals surface area contributed by atoms with Gasteiger partial charge in [-0.15, -0.1) is 0 Å². The lowest BCUT2D eigenvalue weighted by Gasteiger charge is -2.30. The molecule has 1 aromatic heterocycles. The maximum atomic E-state index is 12.6. The fraction of sp³-hybridized carbons (Fsp3) is 0.500. The van der Waals surface area contributed by atoms with Crippen LogP contribution in [-0.4, -0.2) is 40.1 Å². The van der Waals surface area contributed by atoms with Gasteiger partial charge in [0.15, 0.2) is 0 Å². The Morgan fingerprint density at radius 1 is 1.39 bits per heavy atom. The number of hydrogen-bond acceptors (Lipinski definition) is 3. The van der Waals surface area contributed by atoms with Crippen molar-refractivity contribution in [3.05, 3.63) is 29.6 Å². The van der Waals surface area contributed by atoms with E-state index >= 15 is 0 Å². The smallest absolute Gasteiger partial charge is 0.433 e. The standard InChI is InChI=1S/C14H16F3N3O3/c15-14(16,17)11-5-1-4-10(19-11)7-18-13(23)20-6-2-3-9(8-20)12(21)22/h1,4-5,9H,2-3,6-8H2,(H,18,23)(H,21,22). The number of carboxylic acid groups (broad SMARTS) is 1. The maximum Gasteiger partial charge on any atom is 0.433 e. The number of rotatable bonds is 3. The number of alkyl halides is 3. The lowest BCUT2D eigenvalue weighted by atomic mass is 9.99. The Balaban J connectivity index is 1.93. The van der Waals surface area contributed by atoms with Crippen molar-refractivity contribution in [2.24, 2.45) is 5.92 Å². The molecule has 0 bridgehead atoms. The summed E-state index contributed by atoms with van der Waals surface area (Å²) in [7, 11) is 0. The predicted octanol–water partition coefficient (Wildman–Crippen LogP) is 2.11. The molecular formula is C14H16F3N3O3. The van der Waals surface area contributed by atoms with Crippen molar-refractivity contribution < 1.29 is 27.9 Å². The number of likely N-dealkylation sites (tertiary alicyclic amines) is 1. The summed E-state index contributed by atoms with van der Waals surface area (Å²) in [5.41, 5.74) is -0.937. The number of pyridine rings is 1. The minimum Gasteiger partial charge on any atom is -0.481 e. The first-order valence-electron chi connectivity index (χ1n) is 7.06. The molecule has 2 rings (SSSR count). The first kappa shape index (κ1) is 17.0. The number of urea groups is 1. The third kappa shape index (κ3) is 4.57. The van der Waals surface area contributed by atoms with Gasteiger partial charge in [0, 0.05) is 13.1 Å². The molecule has 0 aromatic carbocycles. The Labute approximate surface area is 130 Å². The Kier molecular flexibility index (Phi) is 5.07. The third-order valence-corrected chi connectivity index (χ3v) is 3.58. The van der Waals surface area contributed by atoms with Gasteiger partial charge < -0.3 is 15.3 Å². The number of hydrogen-bond donors (Lipinski definition) is 2. The molecule has 1 aliphatic rings. The molecule has 1 saturated heterocycles. The van der Waals surface area contributed by atoms with E-state index in [0.29, 0.717) is 19.4 Å². The van der Waals surface area contributed by atoms with Crippen LogP contribution in [0.5, 0.6) is 0 Å². The van der Waals surface area contributed by atoms with Gasteiger partial charge in [0.2, 0.25) is 0 Å². The zero-order valence-electron chi connectivity index (χ0n) is 12.1. The normalized spacial score (nSPS) is 18.6. The number of amides is 2. The maximum absolute atomic E-state index is 12.6. The summed E-state index contributed by atoms with van der Waals surface area (Å²) in [6, 6.07) is 2.95. The van der Waals surface area contributed by atoms with Crippen molar-refractivity contribution in [2.45, 2.75) is 25.6 Å². The highest BCUT2D eigenvalue weighted by Gasteiger charge is 2.32. The quantitative estimate of drug-likeness (QED) is 0.889. The van der Waals surface area contributed by atoms with E-state index < -0.39 is 29.8 Å². The number of carboxylic acids is 1. The topological polar surface area (TPSA) is 82.5 Å². The molecule has 0 saturated carbocycles. The zero-order chi connectivity index (χ0) is 17.0. The van der Waals surface area contributed by atoms with Crippen LogP contribution in [0, 0.1) is 5.92 Å². The number of halogens is 3. The van der Waals surface area contributed by atoms with Crippen LogP contribution in [0.2, 0.25) is 0 Å².